The van der Waals surface area contributed by atoms with E-state index in [2.05, 4.69) is 111 Å². The molecule has 38 nitrogen and oxygen atoms in total. The first-order valence-corrected chi connectivity index (χ1v) is 50.5. The van der Waals surface area contributed by atoms with Crippen LogP contribution in [0.3, 0.4) is 0 Å². The lowest BCUT2D eigenvalue weighted by Crippen LogP contribution is -2.41. The quantitative estimate of drug-likeness (QED) is 0.0277. The first-order valence-electron chi connectivity index (χ1n) is 45.7. The van der Waals surface area contributed by atoms with Gasteiger partial charge < -0.3 is 110 Å². The number of nitro groups is 4. The number of anilines is 1. The van der Waals surface area contributed by atoms with Gasteiger partial charge in [-0.05, 0) is 231 Å². The van der Waals surface area contributed by atoms with Crippen LogP contribution in [-0.2, 0) is 40.8 Å². The van der Waals surface area contributed by atoms with Crippen LogP contribution in [0.15, 0.2) is 235 Å². The number of aromatic hydroxyl groups is 2. The molecule has 6 N–H and O–H groups in total. The molecule has 47 heteroatoms. The SMILES string of the molecule is C=O.CC(C)(C)OC(=O)N1CCC(c2ncc(-c3cnc([N+](=O)[O-])c(OCc4ccccc4)c3)s2)CC1.CN1CCC(c2ncc(-c3cnc(N)c(OCc4ccccc4)c3)s2)CC1.CN1CCC(c2ncc(-c3cnc([N+](=O)[O-])c(OCc4ccccc4)c3)s2)CC1.O=C(O)C(F)(F)F.O=[N+]([O-])c1ncc(-c2cnc(C3CCNCC3)s2)cc1OCc1ccccc1.O=[N+]([O-])c1ncc(Br)cc1O.Oc1cncc(Br)c1. The summed E-state index contributed by atoms with van der Waals surface area (Å²) in [7, 11) is 4.32. The van der Waals surface area contributed by atoms with Crippen LogP contribution in [0.1, 0.15) is 138 Å². The fraction of sp³-hybridized carbons (Fsp3) is 0.310. The maximum Gasteiger partial charge on any atom is 0.490 e. The van der Waals surface area contributed by atoms with Crippen LogP contribution in [0.25, 0.3) is 41.8 Å². The zero-order chi connectivity index (χ0) is 106. The highest BCUT2D eigenvalue weighted by Crippen LogP contribution is 2.44. The predicted octanol–water partition coefficient (Wildman–Crippen LogP) is 22.1. The van der Waals surface area contributed by atoms with Crippen LogP contribution in [0.2, 0.25) is 0 Å². The normalized spacial score (nSPS) is 14.0. The van der Waals surface area contributed by atoms with E-state index in [1.807, 2.05) is 174 Å². The molecule has 0 unspecified atom stereocenters. The van der Waals surface area contributed by atoms with Gasteiger partial charge in [-0.1, -0.05) is 121 Å². The standard InChI is InChI=1S/C25H28N4O5S.C21H22N4O3S.C21H24N4OS.C20H20N4O3S.C5H3BrN2O3.C5H4BrNO.C2HF3O2.CH2O/c1-25(2,3)34-24(30)28-11-9-18(10-12-28)23-27-15-21(35-23)19-13-20(22(26-14-19)29(31)32)33-16-17-7-5-4-6-8-17;1-24-9-7-16(8-10-24)21-23-13-19(29-21)17-11-18(20(22-12-17)25(26)27)28-14-15-5-3-2-4-6-15;1-25-9-7-16(8-10-25)21-24-13-19(27-21)17-11-18(20(22)23-12-17)26-14-15-5-3-2-4-6-15;25-24(26)19-17(27-13-14-4-2-1-3-5-14)10-16(11-22-19)18-12-23-20(28-18)15-6-8-21-9-7-15;6-3-1-4(9)5(7-2-3)8(10)11;6-4-1-5(8)3-7-2-4;3-2(4,5)1(6)7;1-2/h4-8,13-15,18H,9-12,16H2,1-3H3;2-6,11-13,16H,7-10,14H2,1H3;2-6,11-13,16H,7-10,14H2,1H3,(H2,22,23);1-5,10-12,15,21H,6-9,13H2;1-2,9H;1-3,8H;(H,6,7);1H2. The summed E-state index contributed by atoms with van der Waals surface area (Å²) in [5, 5.41) is 76.8. The average molecular weight is 2220 g/mol. The van der Waals surface area contributed by atoms with Crippen molar-refractivity contribution in [2.45, 2.75) is 134 Å². The van der Waals surface area contributed by atoms with E-state index in [9.17, 15) is 58.4 Å². The number of hydrogen-bond acceptors (Lipinski definition) is 36. The molecule has 0 spiro atoms. The van der Waals surface area contributed by atoms with Gasteiger partial charge in [-0.15, -0.1) is 45.3 Å². The molecule has 4 aliphatic heterocycles. The number of aliphatic carboxylic acids is 1. The van der Waals surface area contributed by atoms with Crippen LogP contribution in [0.4, 0.5) is 47.1 Å². The van der Waals surface area contributed by atoms with Gasteiger partial charge in [0.2, 0.25) is 23.0 Å². The van der Waals surface area contributed by atoms with E-state index < -0.39 is 49.0 Å². The molecule has 4 aromatic carbocycles. The molecule has 0 aliphatic carbocycles. The van der Waals surface area contributed by atoms with Crippen molar-refractivity contribution in [2.24, 2.45) is 0 Å². The number of thiazole rings is 4. The highest BCUT2D eigenvalue weighted by molar-refractivity contribution is 9.10. The summed E-state index contributed by atoms with van der Waals surface area (Å²) in [6.45, 7) is 16.4. The van der Waals surface area contributed by atoms with Gasteiger partial charge in [0.25, 0.3) is 0 Å². The number of nitrogen functional groups attached to an aromatic ring is 1. The molecular formula is C100H104Br2F3N19O19S4. The van der Waals surface area contributed by atoms with Crippen LogP contribution in [0, 0.1) is 40.5 Å². The van der Waals surface area contributed by atoms with Gasteiger partial charge in [-0.2, -0.15) is 13.2 Å². The Hall–Kier alpha value is -14.5. The number of nitrogens with one attached hydrogen (secondary N) is 1. The Bertz CT molecular complexity index is 6630. The number of likely N-dealkylation sites (tertiary alicyclic amines) is 3. The number of carboxylic acids is 1. The number of nitrogens with two attached hydrogens (primary N) is 1. The molecule has 0 atom stereocenters. The third-order valence-electron chi connectivity index (χ3n) is 22.3. The van der Waals surface area contributed by atoms with E-state index in [0.717, 1.165) is 156 Å². The monoisotopic (exact) mass is 2220 g/mol. The lowest BCUT2D eigenvalue weighted by atomic mass is 9.98. The number of hydrogen-bond donors (Lipinski definition) is 5. The van der Waals surface area contributed by atoms with Crippen molar-refractivity contribution in [1.29, 1.82) is 0 Å². The Balaban J connectivity index is 0.000000171. The summed E-state index contributed by atoms with van der Waals surface area (Å²) in [6, 6.07) is 48.4. The van der Waals surface area contributed by atoms with E-state index >= 15 is 0 Å². The second-order valence-electron chi connectivity index (χ2n) is 34.2. The summed E-state index contributed by atoms with van der Waals surface area (Å²) in [6.07, 6.45) is 20.9. The minimum Gasteiger partial charge on any atom is -0.506 e. The van der Waals surface area contributed by atoms with Crippen molar-refractivity contribution < 1.29 is 86.3 Å². The number of ether oxygens (including phenoxy) is 5. The van der Waals surface area contributed by atoms with Crippen molar-refractivity contribution in [2.75, 3.05) is 72.2 Å². The lowest BCUT2D eigenvalue weighted by Gasteiger charge is -2.32. The van der Waals surface area contributed by atoms with Crippen molar-refractivity contribution in [3.8, 4) is 76.3 Å². The van der Waals surface area contributed by atoms with Gasteiger partial charge in [-0.25, -0.2) is 34.5 Å². The van der Waals surface area contributed by atoms with Crippen molar-refractivity contribution >= 4 is 125 Å². The Labute approximate surface area is 875 Å². The Kier molecular flexibility index (Phi) is 42.8. The zero-order valence-corrected chi connectivity index (χ0v) is 86.5. The molecule has 147 heavy (non-hydrogen) atoms. The Morgan fingerprint density at radius 1 is 0.435 bits per heavy atom. The number of benzene rings is 4. The van der Waals surface area contributed by atoms with E-state index in [1.165, 1.54) is 66.2 Å². The molecule has 772 valence electrons. The molecule has 14 heterocycles. The zero-order valence-electron chi connectivity index (χ0n) is 80.1. The maximum absolute atomic E-state index is 12.3. The van der Waals surface area contributed by atoms with Crippen molar-refractivity contribution in [1.82, 2.24) is 69.9 Å². The molecular weight excluding hydrogens is 2120 g/mol. The van der Waals surface area contributed by atoms with Gasteiger partial charge in [0, 0.05) is 125 Å². The first kappa shape index (κ1) is 113. The minimum absolute atomic E-state index is 0.122. The molecule has 18 rings (SSSR count). The third-order valence-corrected chi connectivity index (χ3v) is 28.0. The molecule has 4 aliphatic rings. The Morgan fingerprint density at radius 3 is 1.03 bits per heavy atom. The van der Waals surface area contributed by atoms with Crippen LogP contribution < -0.4 is 30.0 Å². The maximum atomic E-state index is 12.3. The molecule has 0 saturated carbocycles. The topological polar surface area (TPSA) is 507 Å². The highest BCUT2D eigenvalue weighted by atomic mass is 79.9. The summed E-state index contributed by atoms with van der Waals surface area (Å²) in [5.74, 6) is -1.17. The van der Waals surface area contributed by atoms with Gasteiger partial charge >= 0.3 is 41.5 Å². The molecule has 4 fully saturated rings. The van der Waals surface area contributed by atoms with E-state index in [4.69, 9.17) is 54.3 Å². The Morgan fingerprint density at radius 2 is 0.735 bits per heavy atom. The van der Waals surface area contributed by atoms with E-state index in [-0.39, 0.29) is 72.3 Å². The van der Waals surface area contributed by atoms with E-state index in [1.54, 1.807) is 81.8 Å². The first-order chi connectivity index (χ1) is 70.5. The number of piperidine rings is 4. The number of rotatable bonds is 24. The average Bonchev–Trinajstić information content (AvgIpc) is 1.61. The van der Waals surface area contributed by atoms with Gasteiger partial charge in [0.05, 0.1) is 50.2 Å². The molecule has 10 aromatic heterocycles. The van der Waals surface area contributed by atoms with Crippen molar-refractivity contribution in [3.63, 3.8) is 0 Å². The smallest absolute Gasteiger partial charge is 0.490 e. The number of carbonyl (C=O) groups excluding carboxylic acids is 2. The molecule has 14 aromatic rings. The highest BCUT2D eigenvalue weighted by Gasteiger charge is 2.39. The number of amides is 1. The number of halogens is 5. The largest absolute Gasteiger partial charge is 0.506 e. The number of carbonyl (C=O) groups is 3. The van der Waals surface area contributed by atoms with Crippen LogP contribution in [-0.4, -0.2) is 197 Å². The molecule has 4 saturated heterocycles. The summed E-state index contributed by atoms with van der Waals surface area (Å²) in [5.41, 5.74) is 12.7. The second-order valence-corrected chi connectivity index (χ2v) is 40.3. The van der Waals surface area contributed by atoms with Crippen molar-refractivity contribution in [3.05, 3.63) is 318 Å². The third kappa shape index (κ3) is 35.4. The second kappa shape index (κ2) is 55.7. The van der Waals surface area contributed by atoms with Crippen LogP contribution in [0.5, 0.6) is 34.5 Å². The van der Waals surface area contributed by atoms with E-state index in [0.29, 0.717) is 59.1 Å². The van der Waals surface area contributed by atoms with Gasteiger partial charge in [0.1, 0.15) is 63.2 Å². The summed E-state index contributed by atoms with van der Waals surface area (Å²) >= 11 is 12.7. The number of carboxylic acid groups (broad SMARTS) is 1. The number of pyridine rings is 6. The van der Waals surface area contributed by atoms with Gasteiger partial charge in [-0.3, -0.25) is 4.98 Å². The molecule has 0 radical (unpaired) electrons. The number of alkyl halides is 3. The van der Waals surface area contributed by atoms with Crippen LogP contribution >= 0.6 is 77.2 Å². The predicted molar refractivity (Wildman–Crippen MR) is 557 cm³/mol. The van der Waals surface area contributed by atoms with Gasteiger partial charge in [0.15, 0.2) is 17.8 Å². The number of nitrogens with zero attached hydrogens (tertiary/aromatic N) is 17. The summed E-state index contributed by atoms with van der Waals surface area (Å²) in [4.78, 5) is 124. The fourth-order valence-corrected chi connectivity index (χ4v) is 19.7. The minimum atomic E-state index is -5.08. The summed E-state index contributed by atoms with van der Waals surface area (Å²) < 4.78 is 61.7. The molecule has 0 bridgehead atoms. The molecule has 1 amide bonds. The fourth-order valence-electron chi connectivity index (χ4n) is 14.7. The number of aromatic nitrogens is 10. The lowest BCUT2D eigenvalue weighted by molar-refractivity contribution is -0.390.